The highest BCUT2D eigenvalue weighted by Crippen LogP contribution is 2.32. The maximum Gasteiger partial charge on any atom is 0.351 e. The second-order valence-electron chi connectivity index (χ2n) is 5.37. The number of benzene rings is 1. The summed E-state index contributed by atoms with van der Waals surface area (Å²) in [5.41, 5.74) is 0. The highest BCUT2D eigenvalue weighted by Gasteiger charge is 2.25. The zero-order chi connectivity index (χ0) is 17.1. The van der Waals surface area contributed by atoms with E-state index in [9.17, 15) is 4.79 Å². The Morgan fingerprint density at radius 3 is 2.83 bits per heavy atom. The molecule has 1 aliphatic rings. The van der Waals surface area contributed by atoms with Crippen LogP contribution >= 0.6 is 38.9 Å². The maximum atomic E-state index is 11.6. The van der Waals surface area contributed by atoms with Crippen molar-refractivity contribution < 1.29 is 14.3 Å². The van der Waals surface area contributed by atoms with Crippen molar-refractivity contribution in [2.24, 2.45) is 0 Å². The van der Waals surface area contributed by atoms with Gasteiger partial charge >= 0.3 is 5.97 Å². The van der Waals surface area contributed by atoms with Crippen LogP contribution in [0.5, 0.6) is 5.75 Å². The molecule has 0 atom stereocenters. The molecule has 0 amide bonds. The zero-order valence-electron chi connectivity index (χ0n) is 13.0. The highest BCUT2D eigenvalue weighted by molar-refractivity contribution is 9.10. The average molecular weight is 432 g/mol. The Kier molecular flexibility index (Phi) is 5.63. The number of carbonyl (C=O) groups is 1. The Morgan fingerprint density at radius 2 is 2.17 bits per heavy atom. The van der Waals surface area contributed by atoms with Crippen LogP contribution in [0.25, 0.3) is 0 Å². The van der Waals surface area contributed by atoms with Gasteiger partial charge in [0.2, 0.25) is 0 Å². The summed E-state index contributed by atoms with van der Waals surface area (Å²) in [4.78, 5) is 18.4. The number of ether oxygens (including phenoxy) is 2. The summed E-state index contributed by atoms with van der Waals surface area (Å²) in [5.74, 6) is 0.421. The van der Waals surface area contributed by atoms with Crippen LogP contribution in [-0.4, -0.2) is 37.3 Å². The Balaban J connectivity index is 1.60. The van der Waals surface area contributed by atoms with Gasteiger partial charge in [-0.25, -0.2) is 9.78 Å². The lowest BCUT2D eigenvalue weighted by atomic mass is 10.1. The maximum absolute atomic E-state index is 11.6. The summed E-state index contributed by atoms with van der Waals surface area (Å²) in [6, 6.07) is 7.86. The summed E-state index contributed by atoms with van der Waals surface area (Å²) < 4.78 is 11.8. The molecule has 5 nitrogen and oxygen atoms in total. The van der Waals surface area contributed by atoms with Gasteiger partial charge in [0.1, 0.15) is 11.9 Å². The first-order valence-corrected chi connectivity index (χ1v) is 9.47. The summed E-state index contributed by atoms with van der Waals surface area (Å²) >= 11 is 10.7. The van der Waals surface area contributed by atoms with E-state index >= 15 is 0 Å². The predicted octanol–water partition coefficient (Wildman–Crippen LogP) is 4.39. The van der Waals surface area contributed by atoms with Gasteiger partial charge in [0, 0.05) is 30.4 Å². The van der Waals surface area contributed by atoms with Crippen molar-refractivity contribution in [3.8, 4) is 5.75 Å². The Hall–Kier alpha value is -1.31. The van der Waals surface area contributed by atoms with E-state index in [-0.39, 0.29) is 11.3 Å². The molecule has 0 unspecified atom stereocenters. The molecule has 0 N–H and O–H groups in total. The number of hydrogen-bond acceptors (Lipinski definition) is 6. The Labute approximate surface area is 157 Å². The first-order chi connectivity index (χ1) is 11.6. The fourth-order valence-corrected chi connectivity index (χ4v) is 4.17. The van der Waals surface area contributed by atoms with Gasteiger partial charge in [0.15, 0.2) is 15.2 Å². The van der Waals surface area contributed by atoms with E-state index in [0.29, 0.717) is 4.88 Å². The first-order valence-electron chi connectivity index (χ1n) is 7.48. The standard InChI is InChI=1S/C16H16BrClN2O3S/c1-22-15(21)13-14(18)19-16(24-13)20-7-5-11(6-8-20)23-12-4-2-3-10(17)9-12/h2-4,9,11H,5-8H2,1H3. The number of carbonyl (C=O) groups excluding carboxylic acids is 1. The largest absolute Gasteiger partial charge is 0.490 e. The Morgan fingerprint density at radius 1 is 1.42 bits per heavy atom. The summed E-state index contributed by atoms with van der Waals surface area (Å²) in [6.45, 7) is 1.62. The lowest BCUT2D eigenvalue weighted by Gasteiger charge is -2.31. The molecule has 2 aromatic rings. The first kappa shape index (κ1) is 17.5. The molecular formula is C16H16BrClN2O3S. The number of anilines is 1. The van der Waals surface area contributed by atoms with Crippen LogP contribution in [0.1, 0.15) is 22.5 Å². The number of halogens is 2. The Bertz CT molecular complexity index is 732. The predicted molar refractivity (Wildman–Crippen MR) is 98.5 cm³/mol. The lowest BCUT2D eigenvalue weighted by Crippen LogP contribution is -2.38. The molecule has 0 radical (unpaired) electrons. The molecule has 1 saturated heterocycles. The minimum absolute atomic E-state index is 0.172. The monoisotopic (exact) mass is 430 g/mol. The molecule has 1 aliphatic heterocycles. The van der Waals surface area contributed by atoms with Gasteiger partial charge in [-0.15, -0.1) is 0 Å². The van der Waals surface area contributed by atoms with Gasteiger partial charge in [-0.2, -0.15) is 0 Å². The third-order valence-electron chi connectivity index (χ3n) is 3.76. The minimum atomic E-state index is -0.448. The normalized spacial score (nSPS) is 15.4. The molecule has 2 heterocycles. The molecule has 1 aromatic heterocycles. The van der Waals surface area contributed by atoms with Crippen molar-refractivity contribution in [3.63, 3.8) is 0 Å². The van der Waals surface area contributed by atoms with E-state index in [0.717, 1.165) is 41.3 Å². The van der Waals surface area contributed by atoms with Crippen molar-refractivity contribution in [1.82, 2.24) is 4.98 Å². The van der Waals surface area contributed by atoms with Crippen LogP contribution in [0.4, 0.5) is 5.13 Å². The number of hydrogen-bond donors (Lipinski definition) is 0. The molecule has 0 spiro atoms. The van der Waals surface area contributed by atoms with Crippen LogP contribution in [0.3, 0.4) is 0 Å². The number of rotatable bonds is 4. The van der Waals surface area contributed by atoms with Gasteiger partial charge in [-0.05, 0) is 18.2 Å². The summed E-state index contributed by atoms with van der Waals surface area (Å²) in [5, 5.41) is 0.954. The fourth-order valence-electron chi connectivity index (χ4n) is 2.54. The summed E-state index contributed by atoms with van der Waals surface area (Å²) in [6.07, 6.45) is 1.94. The van der Waals surface area contributed by atoms with E-state index < -0.39 is 5.97 Å². The molecule has 128 valence electrons. The molecule has 0 bridgehead atoms. The van der Waals surface area contributed by atoms with E-state index in [1.165, 1.54) is 18.4 Å². The summed E-state index contributed by atoms with van der Waals surface area (Å²) in [7, 11) is 1.34. The van der Waals surface area contributed by atoms with Gasteiger partial charge in [-0.3, -0.25) is 0 Å². The SMILES string of the molecule is COC(=O)c1sc(N2CCC(Oc3cccc(Br)c3)CC2)nc1Cl. The zero-order valence-corrected chi connectivity index (χ0v) is 16.2. The van der Waals surface area contributed by atoms with Crippen LogP contribution in [0.2, 0.25) is 5.15 Å². The smallest absolute Gasteiger partial charge is 0.351 e. The van der Waals surface area contributed by atoms with E-state index in [1.807, 2.05) is 24.3 Å². The molecule has 0 saturated carbocycles. The molecule has 3 rings (SSSR count). The number of piperidine rings is 1. The highest BCUT2D eigenvalue weighted by atomic mass is 79.9. The second kappa shape index (κ2) is 7.72. The third-order valence-corrected chi connectivity index (χ3v) is 5.73. The van der Waals surface area contributed by atoms with Crippen LogP contribution in [0, 0.1) is 0 Å². The number of esters is 1. The van der Waals surface area contributed by atoms with Crippen molar-refractivity contribution in [2.75, 3.05) is 25.1 Å². The van der Waals surface area contributed by atoms with Gasteiger partial charge in [0.05, 0.1) is 7.11 Å². The van der Waals surface area contributed by atoms with Crippen molar-refractivity contribution >= 4 is 50.0 Å². The number of nitrogens with zero attached hydrogens (tertiary/aromatic N) is 2. The molecular weight excluding hydrogens is 416 g/mol. The molecule has 24 heavy (non-hydrogen) atoms. The van der Waals surface area contributed by atoms with Gasteiger partial charge in [0.25, 0.3) is 0 Å². The van der Waals surface area contributed by atoms with Crippen LogP contribution in [0.15, 0.2) is 28.7 Å². The van der Waals surface area contributed by atoms with Crippen molar-refractivity contribution in [2.45, 2.75) is 18.9 Å². The van der Waals surface area contributed by atoms with Crippen LogP contribution in [-0.2, 0) is 4.74 Å². The van der Waals surface area contributed by atoms with E-state index in [2.05, 4.69) is 25.8 Å². The van der Waals surface area contributed by atoms with Crippen molar-refractivity contribution in [3.05, 3.63) is 38.8 Å². The number of aromatic nitrogens is 1. The van der Waals surface area contributed by atoms with Gasteiger partial charge < -0.3 is 14.4 Å². The number of thiazole rings is 1. The lowest BCUT2D eigenvalue weighted by molar-refractivity contribution is 0.0606. The van der Waals surface area contributed by atoms with E-state index in [4.69, 9.17) is 21.1 Å². The number of methoxy groups -OCH3 is 1. The van der Waals surface area contributed by atoms with Gasteiger partial charge in [-0.1, -0.05) is 44.9 Å². The minimum Gasteiger partial charge on any atom is -0.490 e. The second-order valence-corrected chi connectivity index (χ2v) is 7.62. The molecule has 1 fully saturated rings. The van der Waals surface area contributed by atoms with Crippen molar-refractivity contribution in [1.29, 1.82) is 0 Å². The van der Waals surface area contributed by atoms with Crippen LogP contribution < -0.4 is 9.64 Å². The molecule has 0 aliphatic carbocycles. The molecule has 1 aromatic carbocycles. The van der Waals surface area contributed by atoms with E-state index in [1.54, 1.807) is 0 Å². The molecule has 8 heteroatoms. The quantitative estimate of drug-likeness (QED) is 0.672. The third kappa shape index (κ3) is 4.02. The fraction of sp³-hybridized carbons (Fsp3) is 0.375. The average Bonchev–Trinajstić information content (AvgIpc) is 2.97. The topological polar surface area (TPSA) is 51.7 Å².